The minimum Gasteiger partial charge on any atom is -0.341 e. The molecule has 1 aromatic rings. The molecule has 1 N–H and O–H groups in total. The van der Waals surface area contributed by atoms with Crippen molar-refractivity contribution in [2.45, 2.75) is 6.92 Å². The van der Waals surface area contributed by atoms with Crippen molar-refractivity contribution in [3.8, 4) is 0 Å². The fourth-order valence-corrected chi connectivity index (χ4v) is 2.06. The summed E-state index contributed by atoms with van der Waals surface area (Å²) in [4.78, 5) is 34.6. The molecule has 0 aromatic heterocycles. The smallest absolute Gasteiger partial charge is 0.289 e. The molecular weight excluding hydrogens is 286 g/mol. The van der Waals surface area contributed by atoms with Crippen LogP contribution < -0.4 is 5.32 Å². The number of nitro benzene ring substituents is 1. The second-order valence-electron chi connectivity index (χ2n) is 4.53. The van der Waals surface area contributed by atoms with E-state index >= 15 is 0 Å². The van der Waals surface area contributed by atoms with Crippen molar-refractivity contribution in [2.24, 2.45) is 5.92 Å². The third-order valence-corrected chi connectivity index (χ3v) is 3.43. The van der Waals surface area contributed by atoms with Gasteiger partial charge in [0.05, 0.1) is 10.8 Å². The number of benzene rings is 1. The van der Waals surface area contributed by atoms with Crippen LogP contribution in [0.3, 0.4) is 0 Å². The molecule has 0 atom stereocenters. The van der Waals surface area contributed by atoms with Crippen molar-refractivity contribution < 1.29 is 14.5 Å². The van der Waals surface area contributed by atoms with Gasteiger partial charge in [0.25, 0.3) is 5.69 Å². The van der Waals surface area contributed by atoms with Gasteiger partial charge in [-0.3, -0.25) is 19.7 Å². The summed E-state index contributed by atoms with van der Waals surface area (Å²) < 4.78 is 0. The van der Waals surface area contributed by atoms with Crippen LogP contribution in [-0.2, 0) is 9.59 Å². The van der Waals surface area contributed by atoms with Crippen molar-refractivity contribution >= 4 is 34.8 Å². The Morgan fingerprint density at radius 3 is 2.65 bits per heavy atom. The van der Waals surface area contributed by atoms with Crippen LogP contribution in [0.15, 0.2) is 18.2 Å². The molecular formula is C12H12ClN3O4. The standard InChI is InChI=1S/C12H12ClN3O4/c1-7(17)15-5-8(6-15)12(18)14-9-2-3-10(13)11(4-9)16(19)20/h2-4,8H,5-6H2,1H3,(H,14,18). The Morgan fingerprint density at radius 2 is 2.10 bits per heavy atom. The van der Waals surface area contributed by atoms with Crippen LogP contribution in [0.1, 0.15) is 6.92 Å². The number of nitrogens with one attached hydrogen (secondary N) is 1. The monoisotopic (exact) mass is 297 g/mol. The van der Waals surface area contributed by atoms with Gasteiger partial charge in [-0.15, -0.1) is 0 Å². The van der Waals surface area contributed by atoms with Gasteiger partial charge in [0, 0.05) is 31.8 Å². The maximum absolute atomic E-state index is 11.9. The lowest BCUT2D eigenvalue weighted by atomic mass is 9.99. The Kier molecular flexibility index (Phi) is 3.89. The number of amides is 2. The first kappa shape index (κ1) is 14.3. The third-order valence-electron chi connectivity index (χ3n) is 3.11. The molecule has 0 aliphatic carbocycles. The van der Waals surface area contributed by atoms with E-state index in [1.54, 1.807) is 4.90 Å². The molecule has 0 spiro atoms. The summed E-state index contributed by atoms with van der Waals surface area (Å²) in [5, 5.41) is 13.3. The van der Waals surface area contributed by atoms with E-state index < -0.39 is 4.92 Å². The first-order valence-electron chi connectivity index (χ1n) is 5.89. The van der Waals surface area contributed by atoms with Gasteiger partial charge >= 0.3 is 0 Å². The lowest BCUT2D eigenvalue weighted by molar-refractivity contribution is -0.384. The molecule has 1 aliphatic heterocycles. The fraction of sp³-hybridized carbons (Fsp3) is 0.333. The van der Waals surface area contributed by atoms with Crippen LogP contribution in [-0.4, -0.2) is 34.7 Å². The molecule has 106 valence electrons. The van der Waals surface area contributed by atoms with Gasteiger partial charge in [-0.25, -0.2) is 0 Å². The van der Waals surface area contributed by atoms with E-state index in [0.29, 0.717) is 18.8 Å². The number of likely N-dealkylation sites (tertiary alicyclic amines) is 1. The molecule has 1 aliphatic rings. The topological polar surface area (TPSA) is 92.6 Å². The summed E-state index contributed by atoms with van der Waals surface area (Å²) in [5.41, 5.74) is 0.0517. The zero-order chi connectivity index (χ0) is 14.9. The Bertz CT molecular complexity index is 584. The molecule has 0 bridgehead atoms. The first-order valence-corrected chi connectivity index (χ1v) is 6.26. The van der Waals surface area contributed by atoms with Gasteiger partial charge in [0.15, 0.2) is 0 Å². The summed E-state index contributed by atoms with van der Waals surface area (Å²) in [6.07, 6.45) is 0. The quantitative estimate of drug-likeness (QED) is 0.678. The number of halogens is 1. The summed E-state index contributed by atoms with van der Waals surface area (Å²) in [6.45, 7) is 2.18. The number of nitro groups is 1. The van der Waals surface area contributed by atoms with Crippen molar-refractivity contribution in [3.63, 3.8) is 0 Å². The molecule has 7 nitrogen and oxygen atoms in total. The molecule has 2 rings (SSSR count). The van der Waals surface area contributed by atoms with Gasteiger partial charge in [0.1, 0.15) is 5.02 Å². The highest BCUT2D eigenvalue weighted by Gasteiger charge is 2.34. The Labute approximate surface area is 119 Å². The molecule has 0 radical (unpaired) electrons. The summed E-state index contributed by atoms with van der Waals surface area (Å²) in [5.74, 6) is -0.621. The summed E-state index contributed by atoms with van der Waals surface area (Å²) >= 11 is 5.68. The van der Waals surface area contributed by atoms with E-state index in [9.17, 15) is 19.7 Å². The predicted molar refractivity (Wildman–Crippen MR) is 72.5 cm³/mol. The fourth-order valence-electron chi connectivity index (χ4n) is 1.88. The number of carbonyl (C=O) groups is 2. The zero-order valence-electron chi connectivity index (χ0n) is 10.6. The summed E-state index contributed by atoms with van der Waals surface area (Å²) in [6, 6.07) is 4.06. The van der Waals surface area contributed by atoms with E-state index in [4.69, 9.17) is 11.6 Å². The van der Waals surface area contributed by atoms with E-state index in [1.165, 1.54) is 25.1 Å². The first-order chi connectivity index (χ1) is 9.38. The molecule has 8 heteroatoms. The number of hydrogen-bond acceptors (Lipinski definition) is 4. The predicted octanol–water partition coefficient (Wildman–Crippen LogP) is 1.66. The molecule has 1 saturated heterocycles. The number of nitrogens with zero attached hydrogens (tertiary/aromatic N) is 2. The van der Waals surface area contributed by atoms with Gasteiger partial charge in [-0.2, -0.15) is 0 Å². The Balaban J connectivity index is 2.01. The molecule has 0 unspecified atom stereocenters. The molecule has 1 heterocycles. The highest BCUT2D eigenvalue weighted by atomic mass is 35.5. The normalized spacial score (nSPS) is 14.6. The number of rotatable bonds is 3. The minimum atomic E-state index is -0.612. The zero-order valence-corrected chi connectivity index (χ0v) is 11.4. The van der Waals surface area contributed by atoms with Crippen molar-refractivity contribution in [2.75, 3.05) is 18.4 Å². The highest BCUT2D eigenvalue weighted by Crippen LogP contribution is 2.28. The molecule has 1 fully saturated rings. The second kappa shape index (κ2) is 5.46. The Morgan fingerprint density at radius 1 is 1.45 bits per heavy atom. The van der Waals surface area contributed by atoms with E-state index in [-0.39, 0.29) is 28.4 Å². The van der Waals surface area contributed by atoms with Gasteiger partial charge in [-0.1, -0.05) is 11.6 Å². The van der Waals surface area contributed by atoms with E-state index in [1.807, 2.05) is 0 Å². The summed E-state index contributed by atoms with van der Waals surface area (Å²) in [7, 11) is 0. The average molecular weight is 298 g/mol. The lowest BCUT2D eigenvalue weighted by Crippen LogP contribution is -2.53. The Hall–Kier alpha value is -2.15. The van der Waals surface area contributed by atoms with Crippen LogP contribution in [0.2, 0.25) is 5.02 Å². The molecule has 20 heavy (non-hydrogen) atoms. The minimum absolute atomic E-state index is 0.0133. The average Bonchev–Trinajstić information content (AvgIpc) is 2.28. The van der Waals surface area contributed by atoms with Gasteiger partial charge in [-0.05, 0) is 12.1 Å². The van der Waals surface area contributed by atoms with Crippen molar-refractivity contribution in [1.82, 2.24) is 4.90 Å². The van der Waals surface area contributed by atoms with Crippen LogP contribution >= 0.6 is 11.6 Å². The largest absolute Gasteiger partial charge is 0.341 e. The van der Waals surface area contributed by atoms with Crippen LogP contribution in [0.25, 0.3) is 0 Å². The molecule has 2 amide bonds. The maximum Gasteiger partial charge on any atom is 0.289 e. The van der Waals surface area contributed by atoms with Crippen LogP contribution in [0, 0.1) is 16.0 Å². The highest BCUT2D eigenvalue weighted by molar-refractivity contribution is 6.32. The van der Waals surface area contributed by atoms with Crippen LogP contribution in [0.4, 0.5) is 11.4 Å². The third kappa shape index (κ3) is 2.88. The number of carbonyl (C=O) groups excluding carboxylic acids is 2. The van der Waals surface area contributed by atoms with E-state index in [0.717, 1.165) is 0 Å². The molecule has 1 aromatic carbocycles. The van der Waals surface area contributed by atoms with Crippen molar-refractivity contribution in [3.05, 3.63) is 33.3 Å². The van der Waals surface area contributed by atoms with Gasteiger partial charge in [0.2, 0.25) is 11.8 Å². The lowest BCUT2D eigenvalue weighted by Gasteiger charge is -2.37. The number of anilines is 1. The van der Waals surface area contributed by atoms with E-state index in [2.05, 4.69) is 5.32 Å². The van der Waals surface area contributed by atoms with Gasteiger partial charge < -0.3 is 10.2 Å². The number of hydrogen-bond donors (Lipinski definition) is 1. The second-order valence-corrected chi connectivity index (χ2v) is 4.94. The molecule has 0 saturated carbocycles. The van der Waals surface area contributed by atoms with Crippen molar-refractivity contribution in [1.29, 1.82) is 0 Å². The maximum atomic E-state index is 11.9. The van der Waals surface area contributed by atoms with Crippen LogP contribution in [0.5, 0.6) is 0 Å². The SMILES string of the molecule is CC(=O)N1CC(C(=O)Nc2ccc(Cl)c([N+](=O)[O-])c2)C1.